The highest BCUT2D eigenvalue weighted by Crippen LogP contribution is 2.27. The minimum absolute atomic E-state index is 0.0471. The summed E-state index contributed by atoms with van der Waals surface area (Å²) in [6.07, 6.45) is 5.88. The molecule has 0 atom stereocenters. The zero-order chi connectivity index (χ0) is 14.4. The van der Waals surface area contributed by atoms with E-state index < -0.39 is 0 Å². The van der Waals surface area contributed by atoms with Crippen molar-refractivity contribution in [3.8, 4) is 5.75 Å². The Morgan fingerprint density at radius 1 is 1.20 bits per heavy atom. The van der Waals surface area contributed by atoms with Gasteiger partial charge in [-0.2, -0.15) is 0 Å². The normalized spacial score (nSPS) is 16.4. The van der Waals surface area contributed by atoms with Gasteiger partial charge < -0.3 is 9.64 Å². The zero-order valence-electron chi connectivity index (χ0n) is 11.4. The SMILES string of the molecule is O=C(COc1ccc(Br)cc1Cl)N1CCCCCCC1. The molecule has 1 aromatic rings. The van der Waals surface area contributed by atoms with Crippen molar-refractivity contribution in [2.24, 2.45) is 0 Å². The first-order chi connectivity index (χ1) is 9.66. The van der Waals surface area contributed by atoms with Crippen LogP contribution in [0.15, 0.2) is 22.7 Å². The highest BCUT2D eigenvalue weighted by molar-refractivity contribution is 9.10. The average Bonchev–Trinajstić information content (AvgIpc) is 2.37. The second kappa shape index (κ2) is 7.89. The van der Waals surface area contributed by atoms with Crippen molar-refractivity contribution in [1.82, 2.24) is 4.90 Å². The molecule has 0 aromatic heterocycles. The maximum atomic E-state index is 12.2. The lowest BCUT2D eigenvalue weighted by Gasteiger charge is -2.24. The fraction of sp³-hybridized carbons (Fsp3) is 0.533. The quantitative estimate of drug-likeness (QED) is 0.805. The number of carbonyl (C=O) groups excluding carboxylic acids is 1. The second-order valence-corrected chi connectivity index (χ2v) is 6.33. The Bertz CT molecular complexity index is 459. The largest absolute Gasteiger partial charge is 0.482 e. The molecule has 0 radical (unpaired) electrons. The lowest BCUT2D eigenvalue weighted by Crippen LogP contribution is -2.37. The lowest BCUT2D eigenvalue weighted by molar-refractivity contribution is -0.133. The highest BCUT2D eigenvalue weighted by atomic mass is 79.9. The molecule has 2 rings (SSSR count). The van der Waals surface area contributed by atoms with Crippen molar-refractivity contribution in [2.45, 2.75) is 32.1 Å². The van der Waals surface area contributed by atoms with Crippen LogP contribution in [0.5, 0.6) is 5.75 Å². The maximum Gasteiger partial charge on any atom is 0.260 e. The number of likely N-dealkylation sites (tertiary alicyclic amines) is 1. The number of halogens is 2. The summed E-state index contributed by atoms with van der Waals surface area (Å²) < 4.78 is 6.43. The van der Waals surface area contributed by atoms with E-state index in [2.05, 4.69) is 15.9 Å². The molecule has 1 amide bonds. The molecule has 20 heavy (non-hydrogen) atoms. The topological polar surface area (TPSA) is 29.5 Å². The number of benzene rings is 1. The van der Waals surface area contributed by atoms with Crippen LogP contribution >= 0.6 is 27.5 Å². The van der Waals surface area contributed by atoms with Crippen LogP contribution in [0.3, 0.4) is 0 Å². The molecule has 3 nitrogen and oxygen atoms in total. The molecular formula is C15H19BrClNO2. The number of nitrogens with zero attached hydrogens (tertiary/aromatic N) is 1. The van der Waals surface area contributed by atoms with Gasteiger partial charge in [-0.1, -0.05) is 46.8 Å². The summed E-state index contributed by atoms with van der Waals surface area (Å²) in [5, 5.41) is 0.514. The molecule has 0 unspecified atom stereocenters. The third-order valence-corrected chi connectivity index (χ3v) is 4.24. The summed E-state index contributed by atoms with van der Waals surface area (Å²) in [5.41, 5.74) is 0. The maximum absolute atomic E-state index is 12.2. The van der Waals surface area contributed by atoms with Crippen LogP contribution < -0.4 is 4.74 Å². The summed E-state index contributed by atoms with van der Waals surface area (Å²) in [6, 6.07) is 5.38. The van der Waals surface area contributed by atoms with Gasteiger partial charge in [0.25, 0.3) is 5.91 Å². The Hall–Kier alpha value is -0.740. The van der Waals surface area contributed by atoms with E-state index in [1.165, 1.54) is 19.3 Å². The van der Waals surface area contributed by atoms with Crippen LogP contribution in [-0.4, -0.2) is 30.5 Å². The van der Waals surface area contributed by atoms with E-state index in [-0.39, 0.29) is 12.5 Å². The van der Waals surface area contributed by atoms with Crippen LogP contribution in [-0.2, 0) is 4.79 Å². The van der Waals surface area contributed by atoms with Gasteiger partial charge in [0.15, 0.2) is 6.61 Å². The van der Waals surface area contributed by atoms with Gasteiger partial charge in [-0.3, -0.25) is 4.79 Å². The average molecular weight is 361 g/mol. The van der Waals surface area contributed by atoms with Gasteiger partial charge in [0.1, 0.15) is 5.75 Å². The first-order valence-electron chi connectivity index (χ1n) is 7.02. The summed E-state index contributed by atoms with van der Waals surface area (Å²) in [6.45, 7) is 1.74. The van der Waals surface area contributed by atoms with Gasteiger partial charge in [-0.05, 0) is 31.0 Å². The standard InChI is InChI=1S/C15H19BrClNO2/c16-12-6-7-14(13(17)10-12)20-11-15(19)18-8-4-2-1-3-5-9-18/h6-7,10H,1-5,8-9,11H2. The van der Waals surface area contributed by atoms with Crippen molar-refractivity contribution in [3.63, 3.8) is 0 Å². The summed E-state index contributed by atoms with van der Waals surface area (Å²) in [4.78, 5) is 14.1. The molecule has 0 spiro atoms. The molecule has 1 aliphatic rings. The molecule has 0 bridgehead atoms. The van der Waals surface area contributed by atoms with Crippen LogP contribution in [0.25, 0.3) is 0 Å². The van der Waals surface area contributed by atoms with Gasteiger partial charge in [-0.15, -0.1) is 0 Å². The number of hydrogen-bond donors (Lipinski definition) is 0. The monoisotopic (exact) mass is 359 g/mol. The number of carbonyl (C=O) groups is 1. The Balaban J connectivity index is 1.87. The Morgan fingerprint density at radius 2 is 1.85 bits per heavy atom. The van der Waals surface area contributed by atoms with Gasteiger partial charge in [-0.25, -0.2) is 0 Å². The fourth-order valence-electron chi connectivity index (χ4n) is 2.32. The molecule has 0 aliphatic carbocycles. The van der Waals surface area contributed by atoms with E-state index in [0.717, 1.165) is 30.4 Å². The van der Waals surface area contributed by atoms with Gasteiger partial charge >= 0.3 is 0 Å². The molecule has 1 aromatic carbocycles. The number of ether oxygens (including phenoxy) is 1. The number of hydrogen-bond acceptors (Lipinski definition) is 2. The molecule has 5 heteroatoms. The Kier molecular flexibility index (Phi) is 6.17. The molecule has 1 saturated heterocycles. The van der Waals surface area contributed by atoms with E-state index in [1.807, 2.05) is 11.0 Å². The Morgan fingerprint density at radius 3 is 2.50 bits per heavy atom. The number of rotatable bonds is 3. The van der Waals surface area contributed by atoms with Crippen molar-refractivity contribution >= 4 is 33.4 Å². The van der Waals surface area contributed by atoms with Gasteiger partial charge in [0, 0.05) is 17.6 Å². The van der Waals surface area contributed by atoms with E-state index in [0.29, 0.717) is 10.8 Å². The van der Waals surface area contributed by atoms with E-state index in [1.54, 1.807) is 12.1 Å². The molecule has 110 valence electrons. The predicted molar refractivity (Wildman–Crippen MR) is 84.3 cm³/mol. The molecule has 0 saturated carbocycles. The molecule has 1 aliphatic heterocycles. The fourth-order valence-corrected chi connectivity index (χ4v) is 3.05. The van der Waals surface area contributed by atoms with Crippen LogP contribution in [0.4, 0.5) is 0 Å². The minimum Gasteiger partial charge on any atom is -0.482 e. The van der Waals surface area contributed by atoms with Crippen molar-refractivity contribution < 1.29 is 9.53 Å². The van der Waals surface area contributed by atoms with E-state index in [9.17, 15) is 4.79 Å². The van der Waals surface area contributed by atoms with Crippen molar-refractivity contribution in [2.75, 3.05) is 19.7 Å². The van der Waals surface area contributed by atoms with Crippen molar-refractivity contribution in [1.29, 1.82) is 0 Å². The second-order valence-electron chi connectivity index (χ2n) is 5.01. The minimum atomic E-state index is 0.0471. The summed E-state index contributed by atoms with van der Waals surface area (Å²) in [5.74, 6) is 0.598. The van der Waals surface area contributed by atoms with E-state index >= 15 is 0 Å². The Labute approximate surface area is 133 Å². The van der Waals surface area contributed by atoms with Crippen molar-refractivity contribution in [3.05, 3.63) is 27.7 Å². The first kappa shape index (κ1) is 15.6. The van der Waals surface area contributed by atoms with Crippen LogP contribution in [0, 0.1) is 0 Å². The molecule has 1 fully saturated rings. The molecule has 0 N–H and O–H groups in total. The predicted octanol–water partition coefficient (Wildman–Crippen LogP) is 4.27. The molecular weight excluding hydrogens is 342 g/mol. The third-order valence-electron chi connectivity index (χ3n) is 3.45. The van der Waals surface area contributed by atoms with Crippen LogP contribution in [0.2, 0.25) is 5.02 Å². The number of amides is 1. The third kappa shape index (κ3) is 4.67. The first-order valence-corrected chi connectivity index (χ1v) is 8.19. The van der Waals surface area contributed by atoms with E-state index in [4.69, 9.17) is 16.3 Å². The highest BCUT2D eigenvalue weighted by Gasteiger charge is 2.15. The van der Waals surface area contributed by atoms with Gasteiger partial charge in [0.2, 0.25) is 0 Å². The lowest BCUT2D eigenvalue weighted by atomic mass is 10.1. The summed E-state index contributed by atoms with van der Waals surface area (Å²) >= 11 is 9.41. The molecule has 1 heterocycles. The van der Waals surface area contributed by atoms with Gasteiger partial charge in [0.05, 0.1) is 5.02 Å². The summed E-state index contributed by atoms with van der Waals surface area (Å²) in [7, 11) is 0. The smallest absolute Gasteiger partial charge is 0.260 e. The van der Waals surface area contributed by atoms with Crippen LogP contribution in [0.1, 0.15) is 32.1 Å². The zero-order valence-corrected chi connectivity index (χ0v) is 13.8.